The maximum atomic E-state index is 13.1. The average Bonchev–Trinajstić information content (AvgIpc) is 3.38. The molecule has 0 bridgehead atoms. The van der Waals surface area contributed by atoms with Gasteiger partial charge in [0.05, 0.1) is 17.9 Å². The molecule has 0 aliphatic carbocycles. The molecule has 0 aliphatic heterocycles. The van der Waals surface area contributed by atoms with Crippen molar-refractivity contribution in [3.8, 4) is 11.5 Å². The lowest BCUT2D eigenvalue weighted by molar-refractivity contribution is 0.0940. The van der Waals surface area contributed by atoms with Gasteiger partial charge >= 0.3 is 0 Å². The summed E-state index contributed by atoms with van der Waals surface area (Å²) in [4.78, 5) is 13.1. The smallest absolute Gasteiger partial charge is 0.257 e. The normalized spacial score (nSPS) is 11.9. The molecule has 1 amide bonds. The van der Waals surface area contributed by atoms with Crippen LogP contribution < -0.4 is 5.32 Å². The predicted octanol–water partition coefficient (Wildman–Crippen LogP) is 4.46. The molecule has 28 heavy (non-hydrogen) atoms. The van der Waals surface area contributed by atoms with Gasteiger partial charge in [-0.25, -0.2) is 4.68 Å². The highest BCUT2D eigenvalue weighted by atomic mass is 16.1. The van der Waals surface area contributed by atoms with E-state index >= 15 is 0 Å². The van der Waals surface area contributed by atoms with Crippen molar-refractivity contribution in [3.63, 3.8) is 0 Å². The lowest BCUT2D eigenvalue weighted by Gasteiger charge is -2.15. The van der Waals surface area contributed by atoms with Gasteiger partial charge in [0.25, 0.3) is 5.91 Å². The van der Waals surface area contributed by atoms with Gasteiger partial charge in [-0.2, -0.15) is 5.10 Å². The van der Waals surface area contributed by atoms with Gasteiger partial charge in [-0.15, -0.1) is 0 Å². The first-order chi connectivity index (χ1) is 13.6. The van der Waals surface area contributed by atoms with Gasteiger partial charge in [0, 0.05) is 12.4 Å². The van der Waals surface area contributed by atoms with Crippen molar-refractivity contribution in [2.24, 2.45) is 0 Å². The summed E-state index contributed by atoms with van der Waals surface area (Å²) in [6, 6.07) is 21.8. The van der Waals surface area contributed by atoms with Gasteiger partial charge in [0.15, 0.2) is 5.82 Å². The fourth-order valence-corrected chi connectivity index (χ4v) is 3.27. The second kappa shape index (κ2) is 7.56. The van der Waals surface area contributed by atoms with Crippen molar-refractivity contribution in [3.05, 3.63) is 102 Å². The van der Waals surface area contributed by atoms with E-state index in [1.165, 1.54) is 0 Å². The number of aryl methyl sites for hydroxylation is 1. The molecule has 1 atom stereocenters. The van der Waals surface area contributed by atoms with Crippen LogP contribution in [0.3, 0.4) is 0 Å². The lowest BCUT2D eigenvalue weighted by Crippen LogP contribution is -2.27. The first-order valence-electron chi connectivity index (χ1n) is 9.27. The molecule has 5 heteroatoms. The number of hydrogen-bond acceptors (Lipinski definition) is 2. The second-order valence-corrected chi connectivity index (χ2v) is 6.83. The number of nitrogens with one attached hydrogen (secondary N) is 1. The van der Waals surface area contributed by atoms with Crippen molar-refractivity contribution >= 4 is 5.91 Å². The number of hydrogen-bond donors (Lipinski definition) is 1. The molecule has 140 valence electrons. The van der Waals surface area contributed by atoms with Crippen LogP contribution in [0.15, 0.2) is 85.3 Å². The van der Waals surface area contributed by atoms with Crippen LogP contribution in [0.2, 0.25) is 0 Å². The summed E-state index contributed by atoms with van der Waals surface area (Å²) in [6.45, 7) is 4.02. The second-order valence-electron chi connectivity index (χ2n) is 6.83. The molecular weight excluding hydrogens is 348 g/mol. The molecule has 0 radical (unpaired) electrons. The molecule has 0 saturated carbocycles. The third-order valence-electron chi connectivity index (χ3n) is 4.73. The van der Waals surface area contributed by atoms with Crippen LogP contribution in [0.4, 0.5) is 0 Å². The molecule has 2 aromatic carbocycles. The highest BCUT2D eigenvalue weighted by Gasteiger charge is 2.21. The number of nitrogens with zero attached hydrogens (tertiary/aromatic N) is 3. The Kier molecular flexibility index (Phi) is 4.81. The first kappa shape index (κ1) is 17.8. The van der Waals surface area contributed by atoms with E-state index in [1.54, 1.807) is 10.9 Å². The number of aromatic nitrogens is 3. The van der Waals surface area contributed by atoms with Crippen LogP contribution in [-0.4, -0.2) is 20.3 Å². The van der Waals surface area contributed by atoms with E-state index in [0.29, 0.717) is 11.4 Å². The van der Waals surface area contributed by atoms with E-state index in [4.69, 9.17) is 0 Å². The zero-order valence-corrected chi connectivity index (χ0v) is 15.9. The molecule has 0 unspecified atom stereocenters. The minimum Gasteiger partial charge on any atom is -0.345 e. The molecule has 0 saturated heterocycles. The van der Waals surface area contributed by atoms with Crippen LogP contribution in [0.5, 0.6) is 0 Å². The summed E-state index contributed by atoms with van der Waals surface area (Å²) >= 11 is 0. The Morgan fingerprint density at radius 2 is 1.75 bits per heavy atom. The molecule has 2 aromatic heterocycles. The summed E-state index contributed by atoms with van der Waals surface area (Å²) in [5.41, 5.74) is 3.64. The minimum atomic E-state index is -0.154. The maximum Gasteiger partial charge on any atom is 0.257 e. The van der Waals surface area contributed by atoms with Gasteiger partial charge < -0.3 is 9.88 Å². The van der Waals surface area contributed by atoms with Crippen LogP contribution in [0.25, 0.3) is 11.5 Å². The number of amides is 1. The number of carbonyl (C=O) groups is 1. The Morgan fingerprint density at radius 3 is 2.46 bits per heavy atom. The molecule has 4 aromatic rings. The summed E-state index contributed by atoms with van der Waals surface area (Å²) < 4.78 is 3.71. The van der Waals surface area contributed by atoms with Gasteiger partial charge in [-0.3, -0.25) is 4.79 Å². The zero-order chi connectivity index (χ0) is 19.5. The van der Waals surface area contributed by atoms with Gasteiger partial charge in [-0.05, 0) is 49.2 Å². The Labute approximate surface area is 164 Å². The molecule has 0 aliphatic rings. The van der Waals surface area contributed by atoms with E-state index in [-0.39, 0.29) is 11.9 Å². The molecule has 0 spiro atoms. The summed E-state index contributed by atoms with van der Waals surface area (Å²) in [6.07, 6.45) is 5.46. The van der Waals surface area contributed by atoms with Gasteiger partial charge in [0.1, 0.15) is 5.56 Å². The lowest BCUT2D eigenvalue weighted by atomic mass is 10.1. The van der Waals surface area contributed by atoms with Crippen molar-refractivity contribution in [1.29, 1.82) is 0 Å². The first-order valence-corrected chi connectivity index (χ1v) is 9.27. The zero-order valence-electron chi connectivity index (χ0n) is 15.9. The molecule has 5 nitrogen and oxygen atoms in total. The van der Waals surface area contributed by atoms with Gasteiger partial charge in [-0.1, -0.05) is 42.5 Å². The van der Waals surface area contributed by atoms with Gasteiger partial charge in [0.2, 0.25) is 0 Å². The Bertz CT molecular complexity index is 1080. The molecule has 4 rings (SSSR count). The largest absolute Gasteiger partial charge is 0.345 e. The molecular formula is C23H22N4O. The Balaban J connectivity index is 1.72. The van der Waals surface area contributed by atoms with Crippen molar-refractivity contribution in [2.45, 2.75) is 19.9 Å². The monoisotopic (exact) mass is 370 g/mol. The maximum absolute atomic E-state index is 13.1. The molecule has 1 N–H and O–H groups in total. The Hall–Kier alpha value is -3.60. The Morgan fingerprint density at radius 1 is 1.00 bits per heavy atom. The third-order valence-corrected chi connectivity index (χ3v) is 4.73. The fraction of sp³-hybridized carbons (Fsp3) is 0.130. The van der Waals surface area contributed by atoms with Crippen LogP contribution in [0, 0.1) is 6.92 Å². The summed E-state index contributed by atoms with van der Waals surface area (Å²) in [5.74, 6) is 0.562. The highest BCUT2D eigenvalue weighted by molar-refractivity contribution is 5.97. The standard InChI is InChI=1S/C23H22N4O/c1-17-9-8-12-20(15-17)27-23(26-13-6-7-14-26)21(16-24-27)22(28)25-18(2)19-10-4-3-5-11-19/h3-16,18H,1-2H3,(H,25,28)/t18-/m0/s1. The molecule has 0 fully saturated rings. The number of rotatable bonds is 5. The highest BCUT2D eigenvalue weighted by Crippen LogP contribution is 2.21. The SMILES string of the molecule is Cc1cccc(-n2ncc(C(=O)N[C@@H](C)c3ccccc3)c2-n2cccc2)c1. The van der Waals surface area contributed by atoms with E-state index in [2.05, 4.69) is 10.4 Å². The van der Waals surface area contributed by atoms with Crippen molar-refractivity contribution in [1.82, 2.24) is 19.7 Å². The predicted molar refractivity (Wildman–Crippen MR) is 110 cm³/mol. The van der Waals surface area contributed by atoms with Crippen molar-refractivity contribution < 1.29 is 4.79 Å². The van der Waals surface area contributed by atoms with Crippen LogP contribution >= 0.6 is 0 Å². The van der Waals surface area contributed by atoms with E-state index in [0.717, 1.165) is 16.8 Å². The quantitative estimate of drug-likeness (QED) is 0.564. The fourth-order valence-electron chi connectivity index (χ4n) is 3.27. The topological polar surface area (TPSA) is 51.9 Å². The summed E-state index contributed by atoms with van der Waals surface area (Å²) in [5, 5.41) is 7.60. The van der Waals surface area contributed by atoms with Crippen LogP contribution in [0.1, 0.15) is 34.5 Å². The van der Waals surface area contributed by atoms with E-state index in [9.17, 15) is 4.79 Å². The summed E-state index contributed by atoms with van der Waals surface area (Å²) in [7, 11) is 0. The number of benzene rings is 2. The number of carbonyl (C=O) groups excluding carboxylic acids is 1. The van der Waals surface area contributed by atoms with Crippen molar-refractivity contribution in [2.75, 3.05) is 0 Å². The van der Waals surface area contributed by atoms with E-state index in [1.807, 2.05) is 97.5 Å². The van der Waals surface area contributed by atoms with Crippen LogP contribution in [-0.2, 0) is 0 Å². The minimum absolute atomic E-state index is 0.103. The third kappa shape index (κ3) is 3.47. The van der Waals surface area contributed by atoms with E-state index < -0.39 is 0 Å². The average molecular weight is 370 g/mol. The molecule has 2 heterocycles.